The van der Waals surface area contributed by atoms with E-state index in [0.717, 1.165) is 53.0 Å². The van der Waals surface area contributed by atoms with Crippen LogP contribution in [0.4, 0.5) is 11.6 Å². The normalized spacial score (nSPS) is 13.8. The molecule has 1 aliphatic heterocycles. The van der Waals surface area contributed by atoms with Crippen molar-refractivity contribution in [2.24, 2.45) is 0 Å². The van der Waals surface area contributed by atoms with E-state index in [9.17, 15) is 0 Å². The monoisotopic (exact) mass is 397 g/mol. The maximum atomic E-state index is 5.56. The lowest BCUT2D eigenvalue weighted by molar-refractivity contribution is 0.310. The third-order valence-electron chi connectivity index (χ3n) is 5.49. The topological polar surface area (TPSA) is 63.2 Å². The molecule has 0 atom stereocenters. The smallest absolute Gasteiger partial charge is 0.227 e. The number of fused-ring (bicyclic) bond motifs is 2. The molecule has 6 heteroatoms. The summed E-state index contributed by atoms with van der Waals surface area (Å²) in [7, 11) is 3.82. The molecule has 2 aromatic carbocycles. The molecule has 5 rings (SSSR count). The maximum Gasteiger partial charge on any atom is 0.227 e. The number of benzene rings is 2. The van der Waals surface area contributed by atoms with E-state index in [4.69, 9.17) is 9.72 Å². The fraction of sp³-hybridized carbons (Fsp3) is 0.208. The van der Waals surface area contributed by atoms with Crippen LogP contribution in [0.5, 0.6) is 5.75 Å². The molecule has 1 aliphatic rings. The van der Waals surface area contributed by atoms with Crippen molar-refractivity contribution in [1.82, 2.24) is 19.9 Å². The minimum absolute atomic E-state index is 0.552. The van der Waals surface area contributed by atoms with Gasteiger partial charge < -0.3 is 15.0 Å². The van der Waals surface area contributed by atoms with Crippen LogP contribution >= 0.6 is 0 Å². The van der Waals surface area contributed by atoms with Crippen LogP contribution in [0.1, 0.15) is 11.3 Å². The Morgan fingerprint density at radius 2 is 1.87 bits per heavy atom. The Balaban J connectivity index is 1.53. The fourth-order valence-electron chi connectivity index (χ4n) is 3.97. The molecule has 4 aromatic rings. The second-order valence-electron chi connectivity index (χ2n) is 7.58. The Labute approximate surface area is 175 Å². The number of rotatable bonds is 4. The van der Waals surface area contributed by atoms with Crippen molar-refractivity contribution in [1.29, 1.82) is 0 Å². The molecule has 0 saturated carbocycles. The van der Waals surface area contributed by atoms with E-state index in [1.165, 1.54) is 11.3 Å². The van der Waals surface area contributed by atoms with Gasteiger partial charge in [0.1, 0.15) is 5.75 Å². The molecule has 6 nitrogen and oxygen atoms in total. The van der Waals surface area contributed by atoms with Crippen LogP contribution in [0.3, 0.4) is 0 Å². The molecular formula is C24H23N5O. The van der Waals surface area contributed by atoms with Gasteiger partial charge in [-0.2, -0.15) is 0 Å². The predicted octanol–water partition coefficient (Wildman–Crippen LogP) is 4.43. The van der Waals surface area contributed by atoms with Gasteiger partial charge in [-0.1, -0.05) is 36.4 Å². The molecular weight excluding hydrogens is 374 g/mol. The van der Waals surface area contributed by atoms with E-state index in [1.807, 2.05) is 48.8 Å². The number of hydrogen-bond acceptors (Lipinski definition) is 6. The van der Waals surface area contributed by atoms with Crippen molar-refractivity contribution in [3.05, 3.63) is 72.2 Å². The van der Waals surface area contributed by atoms with E-state index >= 15 is 0 Å². The van der Waals surface area contributed by atoms with Gasteiger partial charge in [0.05, 0.1) is 24.5 Å². The van der Waals surface area contributed by atoms with Crippen molar-refractivity contribution in [2.75, 3.05) is 26.0 Å². The van der Waals surface area contributed by atoms with Gasteiger partial charge in [0, 0.05) is 47.9 Å². The third-order valence-corrected chi connectivity index (χ3v) is 5.49. The van der Waals surface area contributed by atoms with E-state index in [2.05, 4.69) is 39.4 Å². The maximum absolute atomic E-state index is 5.56. The third kappa shape index (κ3) is 3.46. The zero-order valence-corrected chi connectivity index (χ0v) is 17.1. The summed E-state index contributed by atoms with van der Waals surface area (Å²) in [6, 6.07) is 16.2. The fourth-order valence-corrected chi connectivity index (χ4v) is 3.97. The lowest BCUT2D eigenvalue weighted by Gasteiger charge is -2.24. The standard InChI is InChI=1S/C24H23N5O/c1-29-11-10-21-17(15-29)12-18(14-25-21)27-24-26-13-16-6-5-8-20(23(16)28-24)19-7-3-4-9-22(19)30-2/h3-9,12-14H,10-11,15H2,1-2H3,(H,26,27,28). The average Bonchev–Trinajstić information content (AvgIpc) is 2.78. The van der Waals surface area contributed by atoms with Crippen molar-refractivity contribution in [2.45, 2.75) is 13.0 Å². The van der Waals surface area contributed by atoms with Crippen LogP contribution < -0.4 is 10.1 Å². The first-order valence-electron chi connectivity index (χ1n) is 10.0. The summed E-state index contributed by atoms with van der Waals surface area (Å²) in [4.78, 5) is 16.3. The first-order chi connectivity index (χ1) is 14.7. The molecule has 1 N–H and O–H groups in total. The Morgan fingerprint density at radius 1 is 1.00 bits per heavy atom. The summed E-state index contributed by atoms with van der Waals surface area (Å²) in [5.41, 5.74) is 6.23. The van der Waals surface area contributed by atoms with Gasteiger partial charge in [0.2, 0.25) is 5.95 Å². The summed E-state index contributed by atoms with van der Waals surface area (Å²) in [5.74, 6) is 1.37. The molecule has 0 aliphatic carbocycles. The van der Waals surface area contributed by atoms with Gasteiger partial charge >= 0.3 is 0 Å². The van der Waals surface area contributed by atoms with Crippen molar-refractivity contribution in [3.63, 3.8) is 0 Å². The molecule has 0 saturated heterocycles. The first-order valence-corrected chi connectivity index (χ1v) is 10.0. The van der Waals surface area contributed by atoms with Crippen LogP contribution in [-0.2, 0) is 13.0 Å². The number of anilines is 2. The minimum atomic E-state index is 0.552. The molecule has 0 radical (unpaired) electrons. The Kier molecular flexibility index (Phi) is 4.77. The van der Waals surface area contributed by atoms with Crippen molar-refractivity contribution >= 4 is 22.5 Å². The van der Waals surface area contributed by atoms with Gasteiger partial charge in [0.25, 0.3) is 0 Å². The van der Waals surface area contributed by atoms with Gasteiger partial charge in [-0.3, -0.25) is 4.98 Å². The van der Waals surface area contributed by atoms with Crippen LogP contribution in [0, 0.1) is 0 Å². The van der Waals surface area contributed by atoms with E-state index in [0.29, 0.717) is 5.95 Å². The molecule has 0 amide bonds. The van der Waals surface area contributed by atoms with Crippen LogP contribution in [-0.4, -0.2) is 40.6 Å². The number of nitrogens with zero attached hydrogens (tertiary/aromatic N) is 4. The van der Waals surface area contributed by atoms with Gasteiger partial charge in [-0.05, 0) is 24.7 Å². The highest BCUT2D eigenvalue weighted by Crippen LogP contribution is 2.34. The van der Waals surface area contributed by atoms with Gasteiger partial charge in [-0.25, -0.2) is 9.97 Å². The second kappa shape index (κ2) is 7.72. The molecule has 3 heterocycles. The number of hydrogen-bond donors (Lipinski definition) is 1. The number of methoxy groups -OCH3 is 1. The second-order valence-corrected chi connectivity index (χ2v) is 7.58. The SMILES string of the molecule is COc1ccccc1-c1cccc2cnc(Nc3cnc4c(c3)CN(C)CC4)nc12. The lowest BCUT2D eigenvalue weighted by atomic mass is 10.0. The quantitative estimate of drug-likeness (QED) is 0.550. The number of likely N-dealkylation sites (N-methyl/N-ethyl adjacent to an activating group) is 1. The summed E-state index contributed by atoms with van der Waals surface area (Å²) >= 11 is 0. The summed E-state index contributed by atoms with van der Waals surface area (Å²) in [6.07, 6.45) is 4.70. The Morgan fingerprint density at radius 3 is 2.77 bits per heavy atom. The van der Waals surface area contributed by atoms with Crippen LogP contribution in [0.15, 0.2) is 60.9 Å². The highest BCUT2D eigenvalue weighted by molar-refractivity contribution is 5.95. The number of ether oxygens (including phenoxy) is 1. The molecule has 0 fully saturated rings. The average molecular weight is 397 g/mol. The summed E-state index contributed by atoms with van der Waals surface area (Å²) < 4.78 is 5.56. The summed E-state index contributed by atoms with van der Waals surface area (Å²) in [5, 5.41) is 4.31. The molecule has 0 spiro atoms. The lowest BCUT2D eigenvalue weighted by Crippen LogP contribution is -2.27. The molecule has 0 unspecified atom stereocenters. The van der Waals surface area contributed by atoms with Crippen molar-refractivity contribution in [3.8, 4) is 16.9 Å². The zero-order chi connectivity index (χ0) is 20.5. The van der Waals surface area contributed by atoms with Gasteiger partial charge in [-0.15, -0.1) is 0 Å². The zero-order valence-electron chi connectivity index (χ0n) is 17.1. The number of aromatic nitrogens is 3. The predicted molar refractivity (Wildman–Crippen MR) is 119 cm³/mol. The molecule has 2 aromatic heterocycles. The highest BCUT2D eigenvalue weighted by Gasteiger charge is 2.15. The molecule has 150 valence electrons. The molecule has 0 bridgehead atoms. The largest absolute Gasteiger partial charge is 0.496 e. The van der Waals surface area contributed by atoms with Crippen LogP contribution in [0.2, 0.25) is 0 Å². The van der Waals surface area contributed by atoms with E-state index < -0.39 is 0 Å². The van der Waals surface area contributed by atoms with Crippen molar-refractivity contribution < 1.29 is 4.74 Å². The first kappa shape index (κ1) is 18.5. The number of para-hydroxylation sites is 2. The minimum Gasteiger partial charge on any atom is -0.496 e. The van der Waals surface area contributed by atoms with Gasteiger partial charge in [0.15, 0.2) is 0 Å². The Hall–Kier alpha value is -3.51. The van der Waals surface area contributed by atoms with E-state index in [1.54, 1.807) is 7.11 Å². The number of nitrogens with one attached hydrogen (secondary N) is 1. The number of pyridine rings is 1. The Bertz CT molecular complexity index is 1220. The highest BCUT2D eigenvalue weighted by atomic mass is 16.5. The van der Waals surface area contributed by atoms with E-state index in [-0.39, 0.29) is 0 Å². The van der Waals surface area contributed by atoms with Crippen LogP contribution in [0.25, 0.3) is 22.0 Å². The molecule has 30 heavy (non-hydrogen) atoms. The summed E-state index contributed by atoms with van der Waals surface area (Å²) in [6.45, 7) is 1.96.